The minimum atomic E-state index is 0.274. The number of hydrogen-bond donors (Lipinski definition) is 2. The summed E-state index contributed by atoms with van der Waals surface area (Å²) >= 11 is 0. The van der Waals surface area contributed by atoms with Crippen molar-refractivity contribution in [2.24, 2.45) is 0 Å². The third-order valence-corrected chi connectivity index (χ3v) is 3.57. The van der Waals surface area contributed by atoms with E-state index in [9.17, 15) is 0 Å². The smallest absolute Gasteiger partial charge is 0.0446 e. The zero-order chi connectivity index (χ0) is 12.1. The van der Waals surface area contributed by atoms with Gasteiger partial charge in [-0.3, -0.25) is 4.90 Å². The van der Waals surface area contributed by atoms with Gasteiger partial charge in [-0.05, 0) is 24.5 Å². The van der Waals surface area contributed by atoms with Crippen LogP contribution >= 0.6 is 0 Å². The maximum absolute atomic E-state index is 9.10. The molecule has 1 atom stereocenters. The van der Waals surface area contributed by atoms with Gasteiger partial charge in [0.25, 0.3) is 0 Å². The van der Waals surface area contributed by atoms with Gasteiger partial charge in [-0.15, -0.1) is 0 Å². The molecule has 1 aromatic rings. The van der Waals surface area contributed by atoms with Gasteiger partial charge in [0.1, 0.15) is 0 Å². The Bertz CT molecular complexity index is 352. The number of aryl methyl sites for hydroxylation is 1. The number of hydrogen-bond acceptors (Lipinski definition) is 3. The summed E-state index contributed by atoms with van der Waals surface area (Å²) in [7, 11) is 0. The fraction of sp³-hybridized carbons (Fsp3) is 0.571. The number of benzene rings is 1. The Balaban J connectivity index is 2.03. The average molecular weight is 234 g/mol. The minimum Gasteiger partial charge on any atom is -0.396 e. The summed E-state index contributed by atoms with van der Waals surface area (Å²) in [6.07, 6.45) is 0.860. The van der Waals surface area contributed by atoms with Crippen molar-refractivity contribution in [1.82, 2.24) is 10.2 Å². The molecule has 1 aliphatic rings. The quantitative estimate of drug-likeness (QED) is 0.820. The van der Waals surface area contributed by atoms with E-state index in [0.29, 0.717) is 6.04 Å². The van der Waals surface area contributed by atoms with Crippen LogP contribution in [0.25, 0.3) is 0 Å². The van der Waals surface area contributed by atoms with E-state index >= 15 is 0 Å². The van der Waals surface area contributed by atoms with E-state index in [1.807, 2.05) is 0 Å². The Morgan fingerprint density at radius 2 is 2.24 bits per heavy atom. The highest BCUT2D eigenvalue weighted by atomic mass is 16.3. The zero-order valence-corrected chi connectivity index (χ0v) is 10.5. The molecular weight excluding hydrogens is 212 g/mol. The van der Waals surface area contributed by atoms with Gasteiger partial charge in [0.15, 0.2) is 0 Å². The van der Waals surface area contributed by atoms with Gasteiger partial charge in [-0.25, -0.2) is 0 Å². The standard InChI is InChI=1S/C14H22N2O/c1-12-4-2-3-5-13(12)11-16-8-7-15-10-14(16)6-9-17/h2-5,14-15,17H,6-11H2,1H3. The third kappa shape index (κ3) is 3.28. The molecule has 0 amide bonds. The lowest BCUT2D eigenvalue weighted by molar-refractivity contribution is 0.123. The predicted octanol–water partition coefficient (Wildman–Crippen LogP) is 1.15. The lowest BCUT2D eigenvalue weighted by atomic mass is 10.1. The summed E-state index contributed by atoms with van der Waals surface area (Å²) in [5.74, 6) is 0. The van der Waals surface area contributed by atoms with Crippen molar-refractivity contribution in [2.75, 3.05) is 26.2 Å². The van der Waals surface area contributed by atoms with Crippen LogP contribution < -0.4 is 5.32 Å². The average Bonchev–Trinajstić information content (AvgIpc) is 2.35. The molecule has 3 heteroatoms. The molecule has 17 heavy (non-hydrogen) atoms. The van der Waals surface area contributed by atoms with Crippen molar-refractivity contribution in [3.63, 3.8) is 0 Å². The maximum Gasteiger partial charge on any atom is 0.0446 e. The molecule has 1 aromatic carbocycles. The molecule has 1 saturated heterocycles. The second-order valence-corrected chi connectivity index (χ2v) is 4.77. The van der Waals surface area contributed by atoms with Crippen LogP contribution in [-0.2, 0) is 6.54 Å². The molecule has 1 fully saturated rings. The summed E-state index contributed by atoms with van der Waals surface area (Å²) < 4.78 is 0. The molecule has 3 nitrogen and oxygen atoms in total. The van der Waals surface area contributed by atoms with Crippen LogP contribution in [0, 0.1) is 6.92 Å². The SMILES string of the molecule is Cc1ccccc1CN1CCNCC1CCO. The van der Waals surface area contributed by atoms with E-state index in [1.54, 1.807) is 0 Å². The van der Waals surface area contributed by atoms with Crippen LogP contribution in [0.2, 0.25) is 0 Å². The number of piperazine rings is 1. The first-order valence-corrected chi connectivity index (χ1v) is 6.41. The van der Waals surface area contributed by atoms with Crippen LogP contribution in [0.15, 0.2) is 24.3 Å². The summed E-state index contributed by atoms with van der Waals surface area (Å²) in [5.41, 5.74) is 2.76. The lowest BCUT2D eigenvalue weighted by Crippen LogP contribution is -2.51. The molecule has 94 valence electrons. The van der Waals surface area contributed by atoms with Gasteiger partial charge in [-0.1, -0.05) is 24.3 Å². The van der Waals surface area contributed by atoms with Crippen molar-refractivity contribution < 1.29 is 5.11 Å². The second kappa shape index (κ2) is 6.15. The molecule has 0 saturated carbocycles. The van der Waals surface area contributed by atoms with E-state index < -0.39 is 0 Å². The van der Waals surface area contributed by atoms with E-state index in [2.05, 4.69) is 41.4 Å². The topological polar surface area (TPSA) is 35.5 Å². The molecule has 0 bridgehead atoms. The van der Waals surface area contributed by atoms with Crippen molar-refractivity contribution in [3.05, 3.63) is 35.4 Å². The predicted molar refractivity (Wildman–Crippen MR) is 69.9 cm³/mol. The highest BCUT2D eigenvalue weighted by molar-refractivity contribution is 5.25. The molecule has 1 unspecified atom stereocenters. The molecule has 2 rings (SSSR count). The van der Waals surface area contributed by atoms with E-state index in [4.69, 9.17) is 5.11 Å². The van der Waals surface area contributed by atoms with Crippen LogP contribution in [0.1, 0.15) is 17.5 Å². The van der Waals surface area contributed by atoms with Gasteiger partial charge in [0.05, 0.1) is 0 Å². The molecule has 0 radical (unpaired) electrons. The van der Waals surface area contributed by atoms with Gasteiger partial charge >= 0.3 is 0 Å². The van der Waals surface area contributed by atoms with E-state index in [1.165, 1.54) is 11.1 Å². The van der Waals surface area contributed by atoms with Gasteiger partial charge in [0.2, 0.25) is 0 Å². The van der Waals surface area contributed by atoms with Crippen molar-refractivity contribution >= 4 is 0 Å². The molecule has 2 N–H and O–H groups in total. The Kier molecular flexibility index (Phi) is 4.54. The third-order valence-electron chi connectivity index (χ3n) is 3.57. The van der Waals surface area contributed by atoms with Gasteiger partial charge in [-0.2, -0.15) is 0 Å². The molecular formula is C14H22N2O. The highest BCUT2D eigenvalue weighted by Gasteiger charge is 2.21. The van der Waals surface area contributed by atoms with Gasteiger partial charge < -0.3 is 10.4 Å². The monoisotopic (exact) mass is 234 g/mol. The molecule has 0 aliphatic carbocycles. The van der Waals surface area contributed by atoms with Crippen LogP contribution in [0.4, 0.5) is 0 Å². The molecule has 0 spiro atoms. The lowest BCUT2D eigenvalue weighted by Gasteiger charge is -2.36. The van der Waals surface area contributed by atoms with Crippen LogP contribution in [0.3, 0.4) is 0 Å². The highest BCUT2D eigenvalue weighted by Crippen LogP contribution is 2.15. The first-order chi connectivity index (χ1) is 8.31. The Labute approximate surface area is 103 Å². The first kappa shape index (κ1) is 12.6. The first-order valence-electron chi connectivity index (χ1n) is 6.41. The minimum absolute atomic E-state index is 0.274. The largest absolute Gasteiger partial charge is 0.396 e. The van der Waals surface area contributed by atoms with Crippen molar-refractivity contribution in [2.45, 2.75) is 25.9 Å². The number of aliphatic hydroxyl groups excluding tert-OH is 1. The molecule has 1 heterocycles. The fourth-order valence-corrected chi connectivity index (χ4v) is 2.45. The number of rotatable bonds is 4. The van der Waals surface area contributed by atoms with E-state index in [-0.39, 0.29) is 6.61 Å². The summed E-state index contributed by atoms with van der Waals surface area (Å²) in [5, 5.41) is 12.5. The summed E-state index contributed by atoms with van der Waals surface area (Å²) in [6, 6.07) is 9.02. The molecule has 0 aromatic heterocycles. The normalized spacial score (nSPS) is 21.6. The summed E-state index contributed by atoms with van der Waals surface area (Å²) in [4.78, 5) is 2.48. The van der Waals surface area contributed by atoms with Gasteiger partial charge in [0, 0.05) is 38.8 Å². The van der Waals surface area contributed by atoms with Crippen LogP contribution in [0.5, 0.6) is 0 Å². The Morgan fingerprint density at radius 3 is 3.00 bits per heavy atom. The summed E-state index contributed by atoms with van der Waals surface area (Å²) in [6.45, 7) is 6.55. The van der Waals surface area contributed by atoms with E-state index in [0.717, 1.165) is 32.6 Å². The molecule has 1 aliphatic heterocycles. The van der Waals surface area contributed by atoms with Crippen LogP contribution in [-0.4, -0.2) is 42.3 Å². The Hall–Kier alpha value is -0.900. The van der Waals surface area contributed by atoms with Crippen molar-refractivity contribution in [3.8, 4) is 0 Å². The number of nitrogens with one attached hydrogen (secondary N) is 1. The zero-order valence-electron chi connectivity index (χ0n) is 10.5. The maximum atomic E-state index is 9.10. The second-order valence-electron chi connectivity index (χ2n) is 4.77. The number of nitrogens with zero attached hydrogens (tertiary/aromatic N) is 1. The Morgan fingerprint density at radius 1 is 1.41 bits per heavy atom. The van der Waals surface area contributed by atoms with Crippen molar-refractivity contribution in [1.29, 1.82) is 0 Å². The number of aliphatic hydroxyl groups is 1. The fourth-order valence-electron chi connectivity index (χ4n) is 2.45.